The summed E-state index contributed by atoms with van der Waals surface area (Å²) in [6.07, 6.45) is 114. The normalized spacial score (nSPS) is 12.6. The lowest BCUT2D eigenvalue weighted by Crippen LogP contribution is -2.17. The highest BCUT2D eigenvalue weighted by atomic mass is 32.2. The molecule has 4 aromatic carbocycles. The van der Waals surface area contributed by atoms with E-state index in [2.05, 4.69) is 41.5 Å². The van der Waals surface area contributed by atoms with Crippen LogP contribution in [0.2, 0.25) is 0 Å². The van der Waals surface area contributed by atoms with E-state index >= 15 is 50.5 Å². The molecule has 150 heavy (non-hydrogen) atoms. The summed E-state index contributed by atoms with van der Waals surface area (Å²) >= 11 is 0. The van der Waals surface area contributed by atoms with Crippen molar-refractivity contribution in [2.45, 2.75) is 726 Å². The Labute approximate surface area is 931 Å². The minimum absolute atomic E-state index is 0.122. The molecule has 0 amide bonds. The van der Waals surface area contributed by atoms with Crippen LogP contribution in [0.1, 0.15) is 696 Å². The van der Waals surface area contributed by atoms with Gasteiger partial charge in [0, 0.05) is 0 Å². The second kappa shape index (κ2) is 92.0. The first kappa shape index (κ1) is 140. The number of hydrogen-bond donors (Lipinski definition) is 0. The lowest BCUT2D eigenvalue weighted by atomic mass is 9.94. The SMILES string of the molecule is CCCCCCCCCCCCCCCCCCCS(=O)(=O)c1cc2c3cc(S(=O)(=O)CCCCCCCCCCCCCCCCCCC)c(S(=O)(=O)CCCCCCCCCCCCCCCCCCC)cc3c3cc(S(=O)(=O)CCCCCCCCCCCCCCCCCCC)c(S(=O)(=O)CCCCCCCCCCCCCCCCCCC)cc3c2cc1S(=O)(=O)CCCCCCCCCCCCCCCCCCC. The van der Waals surface area contributed by atoms with Gasteiger partial charge in [-0.25, -0.2) is 50.5 Å². The van der Waals surface area contributed by atoms with Crippen LogP contribution in [0.4, 0.5) is 0 Å². The van der Waals surface area contributed by atoms with Crippen molar-refractivity contribution in [2.75, 3.05) is 34.5 Å². The van der Waals surface area contributed by atoms with Crippen molar-refractivity contribution >= 4 is 91.3 Å². The van der Waals surface area contributed by atoms with E-state index in [-0.39, 0.29) is 105 Å². The van der Waals surface area contributed by atoms with E-state index in [9.17, 15) is 0 Å². The lowest BCUT2D eigenvalue weighted by molar-refractivity contribution is 0.528. The quantitative estimate of drug-likeness (QED) is 0.0299. The number of benzene rings is 4. The summed E-state index contributed by atoms with van der Waals surface area (Å²) in [5.41, 5.74) is 0. The third-order valence-electron chi connectivity index (χ3n) is 33.2. The fourth-order valence-electron chi connectivity index (χ4n) is 23.2. The van der Waals surface area contributed by atoms with Crippen molar-refractivity contribution < 1.29 is 50.5 Å². The van der Waals surface area contributed by atoms with Crippen LogP contribution in [0, 0.1) is 0 Å². The molecule has 0 radical (unpaired) electrons. The first-order valence-corrected chi connectivity index (χ1v) is 75.8. The molecule has 0 unspecified atom stereocenters. The molecule has 0 aliphatic carbocycles. The monoisotopic (exact) mass is 2210 g/mol. The van der Waals surface area contributed by atoms with Crippen LogP contribution in [-0.4, -0.2) is 85.0 Å². The maximum atomic E-state index is 15.9. The number of hydrogen-bond acceptors (Lipinski definition) is 12. The molecular formula is C132H240O12S6. The van der Waals surface area contributed by atoms with Crippen molar-refractivity contribution in [3.05, 3.63) is 36.4 Å². The fraction of sp³-hybridized carbons (Fsp3) is 0.864. The first-order valence-electron chi connectivity index (χ1n) is 65.9. The van der Waals surface area contributed by atoms with Gasteiger partial charge in [-0.1, -0.05) is 658 Å². The minimum Gasteiger partial charge on any atom is -0.224 e. The summed E-state index contributed by atoms with van der Waals surface area (Å²) < 4.78 is 191. The van der Waals surface area contributed by atoms with Gasteiger partial charge in [0.25, 0.3) is 0 Å². The van der Waals surface area contributed by atoms with E-state index in [0.29, 0.717) is 38.5 Å². The topological polar surface area (TPSA) is 205 Å². The molecule has 0 aliphatic rings. The number of sulfone groups is 6. The molecular weight excluding hydrogens is 1970 g/mol. The van der Waals surface area contributed by atoms with Gasteiger partial charge in [-0.2, -0.15) is 0 Å². The Bertz CT molecular complexity index is 3850. The molecule has 18 heteroatoms. The van der Waals surface area contributed by atoms with Gasteiger partial charge in [0.05, 0.1) is 63.9 Å². The maximum absolute atomic E-state index is 15.9. The molecule has 0 aliphatic heterocycles. The van der Waals surface area contributed by atoms with Crippen molar-refractivity contribution in [3.8, 4) is 0 Å². The zero-order valence-electron chi connectivity index (χ0n) is 99.2. The average molecular weight is 2210 g/mol. The summed E-state index contributed by atoms with van der Waals surface area (Å²) in [5.74, 6) is -2.12. The summed E-state index contributed by atoms with van der Waals surface area (Å²) in [6.45, 7) is 13.6. The summed E-state index contributed by atoms with van der Waals surface area (Å²) in [4.78, 5) is -2.49. The molecule has 0 N–H and O–H groups in total. The molecule has 0 saturated heterocycles. The van der Waals surface area contributed by atoms with Gasteiger partial charge in [-0.15, -0.1) is 0 Å². The first-order chi connectivity index (χ1) is 73.0. The Hall–Kier alpha value is -2.64. The molecule has 0 aromatic heterocycles. The van der Waals surface area contributed by atoms with E-state index < -0.39 is 88.4 Å². The Morgan fingerprint density at radius 2 is 0.160 bits per heavy atom. The van der Waals surface area contributed by atoms with Crippen molar-refractivity contribution in [3.63, 3.8) is 0 Å². The Morgan fingerprint density at radius 1 is 0.100 bits per heavy atom. The van der Waals surface area contributed by atoms with Gasteiger partial charge < -0.3 is 0 Å². The van der Waals surface area contributed by atoms with Crippen LogP contribution in [0.25, 0.3) is 32.3 Å². The number of rotatable bonds is 114. The van der Waals surface area contributed by atoms with Crippen LogP contribution in [0.15, 0.2) is 65.8 Å². The highest BCUT2D eigenvalue weighted by Crippen LogP contribution is 2.46. The van der Waals surface area contributed by atoms with Crippen LogP contribution >= 0.6 is 0 Å². The predicted octanol–water partition coefficient (Wildman–Crippen LogP) is 43.7. The molecule has 0 bridgehead atoms. The van der Waals surface area contributed by atoms with E-state index in [4.69, 9.17) is 0 Å². The maximum Gasteiger partial charge on any atom is 0.179 e. The summed E-state index contributed by atoms with van der Waals surface area (Å²) in [6, 6.07) is 8.30. The fourth-order valence-corrected chi connectivity index (χ4v) is 34.3. The Kier molecular flexibility index (Phi) is 85.6. The Morgan fingerprint density at radius 3 is 0.227 bits per heavy atom. The molecule has 0 spiro atoms. The molecule has 4 aromatic rings. The Balaban J connectivity index is 1.94. The van der Waals surface area contributed by atoms with Gasteiger partial charge in [0.1, 0.15) is 0 Å². The van der Waals surface area contributed by atoms with Crippen LogP contribution < -0.4 is 0 Å². The standard InChI is InChI=1S/C132H240O12S6/c1-7-13-19-25-31-37-43-49-55-61-67-73-79-85-91-97-103-109-145(133,134)127-115-121-122(116-128(127)146(135,136)110-104-98-92-86-80-74-68-62-56-50-44-38-32-26-20-14-8-2)124-118-130(148(139,140)112-106-100-94-88-82-76-70-64-58-52-46-40-34-28-22-16-10-4)132(150(143,144)114-108-102-96-90-84-78-72-66-60-54-48-42-36-30-24-18-12-6)120-126(124)125-119-131(149(141,142)113-107-101-95-89-83-77-71-65-59-53-47-41-35-29-23-17-11-5)129(117-123(121)125)147(137,138)111-105-99-93-87-81-75-69-63-57-51-45-39-33-27-21-15-9-3/h115-120H,7-114H2,1-6H3. The number of unbranched alkanes of at least 4 members (excludes halogenated alkanes) is 96. The van der Waals surface area contributed by atoms with E-state index in [0.717, 1.165) is 154 Å². The van der Waals surface area contributed by atoms with Crippen molar-refractivity contribution in [1.82, 2.24) is 0 Å². The molecule has 0 heterocycles. The highest BCUT2D eigenvalue weighted by molar-refractivity contribution is 7.95. The van der Waals surface area contributed by atoms with E-state index in [1.807, 2.05) is 0 Å². The third-order valence-corrected chi connectivity index (χ3v) is 44.6. The molecule has 876 valence electrons. The zero-order chi connectivity index (χ0) is 109. The summed E-state index contributed by atoms with van der Waals surface area (Å²) in [5, 5.41) is 0.735. The largest absolute Gasteiger partial charge is 0.224 e. The van der Waals surface area contributed by atoms with Gasteiger partial charge in [-0.3, -0.25) is 0 Å². The van der Waals surface area contributed by atoms with Crippen LogP contribution in [-0.2, 0) is 59.0 Å². The van der Waals surface area contributed by atoms with Crippen molar-refractivity contribution in [2.24, 2.45) is 0 Å². The van der Waals surface area contributed by atoms with Crippen LogP contribution in [0.5, 0.6) is 0 Å². The predicted molar refractivity (Wildman–Crippen MR) is 656 cm³/mol. The van der Waals surface area contributed by atoms with E-state index in [1.54, 1.807) is 0 Å². The van der Waals surface area contributed by atoms with Gasteiger partial charge in [0.2, 0.25) is 0 Å². The molecule has 0 atom stereocenters. The molecule has 12 nitrogen and oxygen atoms in total. The minimum atomic E-state index is -4.49. The van der Waals surface area contributed by atoms with E-state index in [1.165, 1.54) is 460 Å². The molecule has 4 rings (SSSR count). The van der Waals surface area contributed by atoms with Gasteiger partial charge in [0.15, 0.2) is 59.0 Å². The van der Waals surface area contributed by atoms with Gasteiger partial charge in [-0.05, 0) is 107 Å². The van der Waals surface area contributed by atoms with Crippen LogP contribution in [0.3, 0.4) is 0 Å². The smallest absolute Gasteiger partial charge is 0.179 e. The lowest BCUT2D eigenvalue weighted by Gasteiger charge is -2.20. The third kappa shape index (κ3) is 66.5. The zero-order valence-corrected chi connectivity index (χ0v) is 104. The molecule has 0 saturated carbocycles. The number of fused-ring (bicyclic) bond motifs is 6. The summed E-state index contributed by atoms with van der Waals surface area (Å²) in [7, 11) is -26.9. The van der Waals surface area contributed by atoms with Gasteiger partial charge >= 0.3 is 0 Å². The second-order valence-corrected chi connectivity index (χ2v) is 59.9. The highest BCUT2D eigenvalue weighted by Gasteiger charge is 2.35. The molecule has 0 fully saturated rings. The second-order valence-electron chi connectivity index (χ2n) is 47.4. The van der Waals surface area contributed by atoms with Crippen molar-refractivity contribution in [1.29, 1.82) is 0 Å². The average Bonchev–Trinajstić information content (AvgIpc) is 0.702.